The summed E-state index contributed by atoms with van der Waals surface area (Å²) in [6.07, 6.45) is 1.76. The first kappa shape index (κ1) is 13.2. The van der Waals surface area contributed by atoms with Gasteiger partial charge in [-0.2, -0.15) is 0 Å². The maximum Gasteiger partial charge on any atom is 0.235 e. The number of rotatable bonds is 3. The Hall–Kier alpha value is -1.80. The molecule has 20 heavy (non-hydrogen) atoms. The highest BCUT2D eigenvalue weighted by Crippen LogP contribution is 2.49. The van der Waals surface area contributed by atoms with Crippen molar-refractivity contribution in [1.82, 2.24) is 0 Å². The number of benzene rings is 2. The van der Waals surface area contributed by atoms with Crippen LogP contribution in [0, 0.1) is 6.92 Å². The molecule has 0 aromatic heterocycles. The van der Waals surface area contributed by atoms with E-state index in [2.05, 4.69) is 5.32 Å². The zero-order chi connectivity index (χ0) is 14.2. The number of anilines is 1. The van der Waals surface area contributed by atoms with Crippen LogP contribution in [-0.2, 0) is 10.2 Å². The molecular formula is C17H16ClNO. The van der Waals surface area contributed by atoms with Crippen molar-refractivity contribution in [2.75, 3.05) is 5.32 Å². The Kier molecular flexibility index (Phi) is 3.27. The van der Waals surface area contributed by atoms with E-state index in [0.717, 1.165) is 24.1 Å². The largest absolute Gasteiger partial charge is 0.325 e. The number of nitrogens with one attached hydrogen (secondary N) is 1. The molecule has 1 aliphatic rings. The van der Waals surface area contributed by atoms with Crippen molar-refractivity contribution in [2.45, 2.75) is 25.2 Å². The molecule has 0 radical (unpaired) electrons. The number of carbonyl (C=O) groups is 1. The van der Waals surface area contributed by atoms with E-state index >= 15 is 0 Å². The molecule has 1 fully saturated rings. The number of hydrogen-bond acceptors (Lipinski definition) is 1. The van der Waals surface area contributed by atoms with Crippen molar-refractivity contribution in [3.8, 4) is 0 Å². The van der Waals surface area contributed by atoms with Gasteiger partial charge in [-0.25, -0.2) is 0 Å². The Bertz CT molecular complexity index is 644. The molecule has 0 heterocycles. The Morgan fingerprint density at radius 3 is 2.45 bits per heavy atom. The molecule has 1 aliphatic carbocycles. The molecule has 1 N–H and O–H groups in total. The van der Waals surface area contributed by atoms with Gasteiger partial charge < -0.3 is 5.32 Å². The van der Waals surface area contributed by atoms with Gasteiger partial charge in [0.05, 0.1) is 5.41 Å². The minimum atomic E-state index is -0.393. The first-order valence-electron chi connectivity index (χ1n) is 6.74. The van der Waals surface area contributed by atoms with Crippen LogP contribution >= 0.6 is 11.6 Å². The highest BCUT2D eigenvalue weighted by Gasteiger charge is 2.51. The van der Waals surface area contributed by atoms with Gasteiger partial charge in [-0.3, -0.25) is 4.79 Å². The molecular weight excluding hydrogens is 270 g/mol. The quantitative estimate of drug-likeness (QED) is 0.894. The lowest BCUT2D eigenvalue weighted by molar-refractivity contribution is -0.118. The third-order valence-electron chi connectivity index (χ3n) is 3.87. The SMILES string of the molecule is Cc1ccc(NC(=O)C2(c3cccc(Cl)c3)CC2)cc1. The average Bonchev–Trinajstić information content (AvgIpc) is 3.23. The number of amides is 1. The van der Waals surface area contributed by atoms with E-state index < -0.39 is 5.41 Å². The van der Waals surface area contributed by atoms with E-state index in [-0.39, 0.29) is 5.91 Å². The van der Waals surface area contributed by atoms with E-state index in [0.29, 0.717) is 5.02 Å². The summed E-state index contributed by atoms with van der Waals surface area (Å²) in [6.45, 7) is 2.03. The first-order valence-corrected chi connectivity index (χ1v) is 7.12. The van der Waals surface area contributed by atoms with Crippen molar-refractivity contribution in [3.63, 3.8) is 0 Å². The van der Waals surface area contributed by atoms with Crippen LogP contribution in [-0.4, -0.2) is 5.91 Å². The van der Waals surface area contributed by atoms with Gasteiger partial charge in [-0.15, -0.1) is 0 Å². The maximum atomic E-state index is 12.5. The molecule has 3 rings (SSSR count). The number of carbonyl (C=O) groups excluding carboxylic acids is 1. The van der Waals surface area contributed by atoms with Crippen LogP contribution in [0.3, 0.4) is 0 Å². The lowest BCUT2D eigenvalue weighted by Crippen LogP contribution is -2.27. The standard InChI is InChI=1S/C17H16ClNO/c1-12-5-7-15(8-6-12)19-16(20)17(9-10-17)13-3-2-4-14(18)11-13/h2-8,11H,9-10H2,1H3,(H,19,20). The number of halogens is 1. The molecule has 1 saturated carbocycles. The second kappa shape index (κ2) is 4.95. The van der Waals surface area contributed by atoms with Crippen molar-refractivity contribution in [1.29, 1.82) is 0 Å². The second-order valence-electron chi connectivity index (χ2n) is 5.41. The number of hydrogen-bond donors (Lipinski definition) is 1. The highest BCUT2D eigenvalue weighted by molar-refractivity contribution is 6.30. The van der Waals surface area contributed by atoms with Gasteiger partial charge in [0.2, 0.25) is 5.91 Å². The van der Waals surface area contributed by atoms with E-state index in [9.17, 15) is 4.79 Å². The zero-order valence-corrected chi connectivity index (χ0v) is 12.1. The molecule has 0 saturated heterocycles. The molecule has 2 aromatic carbocycles. The normalized spacial score (nSPS) is 15.7. The molecule has 0 bridgehead atoms. The molecule has 3 heteroatoms. The van der Waals surface area contributed by atoms with E-state index in [1.54, 1.807) is 0 Å². The van der Waals surface area contributed by atoms with Crippen LogP contribution in [0.2, 0.25) is 5.02 Å². The fourth-order valence-corrected chi connectivity index (χ4v) is 2.64. The van der Waals surface area contributed by atoms with E-state index in [1.165, 1.54) is 5.56 Å². The topological polar surface area (TPSA) is 29.1 Å². The molecule has 2 aromatic rings. The summed E-state index contributed by atoms with van der Waals surface area (Å²) in [7, 11) is 0. The summed E-state index contributed by atoms with van der Waals surface area (Å²) in [5, 5.41) is 3.69. The smallest absolute Gasteiger partial charge is 0.235 e. The molecule has 2 nitrogen and oxygen atoms in total. The predicted molar refractivity (Wildman–Crippen MR) is 82.2 cm³/mol. The van der Waals surface area contributed by atoms with Gasteiger partial charge in [0.25, 0.3) is 0 Å². The fourth-order valence-electron chi connectivity index (χ4n) is 2.45. The summed E-state index contributed by atoms with van der Waals surface area (Å²) in [5.74, 6) is 0.0589. The summed E-state index contributed by atoms with van der Waals surface area (Å²) in [5.41, 5.74) is 2.64. The molecule has 0 unspecified atom stereocenters. The first-order chi connectivity index (χ1) is 9.60. The minimum Gasteiger partial charge on any atom is -0.325 e. The van der Waals surface area contributed by atoms with Crippen LogP contribution in [0.4, 0.5) is 5.69 Å². The van der Waals surface area contributed by atoms with Crippen LogP contribution in [0.25, 0.3) is 0 Å². The average molecular weight is 286 g/mol. The van der Waals surface area contributed by atoms with Gasteiger partial charge >= 0.3 is 0 Å². The van der Waals surface area contributed by atoms with Gasteiger partial charge in [-0.1, -0.05) is 41.4 Å². The third-order valence-corrected chi connectivity index (χ3v) is 4.11. The van der Waals surface area contributed by atoms with Gasteiger partial charge in [-0.05, 0) is 49.6 Å². The Morgan fingerprint density at radius 2 is 1.85 bits per heavy atom. The maximum absolute atomic E-state index is 12.5. The zero-order valence-electron chi connectivity index (χ0n) is 11.3. The van der Waals surface area contributed by atoms with Gasteiger partial charge in [0.1, 0.15) is 0 Å². The predicted octanol–water partition coefficient (Wildman–Crippen LogP) is 4.32. The summed E-state index contributed by atoms with van der Waals surface area (Å²) < 4.78 is 0. The van der Waals surface area contributed by atoms with Crippen molar-refractivity contribution in [3.05, 3.63) is 64.7 Å². The van der Waals surface area contributed by atoms with Gasteiger partial charge in [0.15, 0.2) is 0 Å². The Morgan fingerprint density at radius 1 is 1.15 bits per heavy atom. The van der Waals surface area contributed by atoms with Crippen LogP contribution < -0.4 is 5.32 Å². The molecule has 0 aliphatic heterocycles. The lowest BCUT2D eigenvalue weighted by atomic mass is 9.95. The fraction of sp³-hybridized carbons (Fsp3) is 0.235. The number of aryl methyl sites for hydroxylation is 1. The Balaban J connectivity index is 1.81. The Labute approximate surface area is 123 Å². The molecule has 0 spiro atoms. The summed E-state index contributed by atoms with van der Waals surface area (Å²) in [6, 6.07) is 15.5. The monoisotopic (exact) mass is 285 g/mol. The van der Waals surface area contributed by atoms with Crippen LogP contribution in [0.15, 0.2) is 48.5 Å². The highest BCUT2D eigenvalue weighted by atomic mass is 35.5. The van der Waals surface area contributed by atoms with E-state index in [1.807, 2.05) is 55.5 Å². The third kappa shape index (κ3) is 2.44. The van der Waals surface area contributed by atoms with Crippen LogP contribution in [0.1, 0.15) is 24.0 Å². The molecule has 102 valence electrons. The molecule has 0 atom stereocenters. The van der Waals surface area contributed by atoms with E-state index in [4.69, 9.17) is 11.6 Å². The summed E-state index contributed by atoms with van der Waals surface area (Å²) >= 11 is 6.03. The minimum absolute atomic E-state index is 0.0589. The van der Waals surface area contributed by atoms with Crippen molar-refractivity contribution >= 4 is 23.2 Å². The van der Waals surface area contributed by atoms with Gasteiger partial charge in [0, 0.05) is 10.7 Å². The lowest BCUT2D eigenvalue weighted by Gasteiger charge is -2.16. The summed E-state index contributed by atoms with van der Waals surface area (Å²) in [4.78, 5) is 12.5. The van der Waals surface area contributed by atoms with Crippen molar-refractivity contribution in [2.24, 2.45) is 0 Å². The van der Waals surface area contributed by atoms with Crippen LogP contribution in [0.5, 0.6) is 0 Å². The second-order valence-corrected chi connectivity index (χ2v) is 5.85. The van der Waals surface area contributed by atoms with Crippen molar-refractivity contribution < 1.29 is 4.79 Å². The molecule has 1 amide bonds.